The van der Waals surface area contributed by atoms with Gasteiger partial charge in [-0.3, -0.25) is 0 Å². The van der Waals surface area contributed by atoms with E-state index in [9.17, 15) is 0 Å². The minimum atomic E-state index is 0.448. The van der Waals surface area contributed by atoms with Crippen LogP contribution in [0, 0.1) is 0 Å². The first-order valence-corrected chi connectivity index (χ1v) is 9.29. The van der Waals surface area contributed by atoms with E-state index in [4.69, 9.17) is 4.74 Å². The SMILES string of the molecule is COc1cccc2c1CCCC2NC1CCN(c2ncccn2)CC1. The maximum absolute atomic E-state index is 5.57. The first-order valence-electron chi connectivity index (χ1n) is 9.29. The van der Waals surface area contributed by atoms with Crippen LogP contribution in [0.4, 0.5) is 5.95 Å². The number of aromatic nitrogens is 2. The highest BCUT2D eigenvalue weighted by molar-refractivity contribution is 5.43. The van der Waals surface area contributed by atoms with Crippen molar-refractivity contribution in [3.8, 4) is 5.75 Å². The Morgan fingerprint density at radius 1 is 1.08 bits per heavy atom. The fraction of sp³-hybridized carbons (Fsp3) is 0.500. The van der Waals surface area contributed by atoms with Crippen molar-refractivity contribution in [2.45, 2.75) is 44.2 Å². The third-order valence-corrected chi connectivity index (χ3v) is 5.45. The highest BCUT2D eigenvalue weighted by Gasteiger charge is 2.27. The van der Waals surface area contributed by atoms with E-state index in [1.807, 2.05) is 18.5 Å². The minimum absolute atomic E-state index is 0.448. The summed E-state index contributed by atoms with van der Waals surface area (Å²) in [6, 6.07) is 9.34. The van der Waals surface area contributed by atoms with E-state index in [-0.39, 0.29) is 0 Å². The lowest BCUT2D eigenvalue weighted by Gasteiger charge is -2.36. The van der Waals surface area contributed by atoms with Crippen molar-refractivity contribution >= 4 is 5.95 Å². The van der Waals surface area contributed by atoms with Crippen LogP contribution in [0.1, 0.15) is 42.9 Å². The average molecular weight is 338 g/mol. The van der Waals surface area contributed by atoms with Gasteiger partial charge in [0.15, 0.2) is 0 Å². The van der Waals surface area contributed by atoms with Crippen molar-refractivity contribution in [1.82, 2.24) is 15.3 Å². The molecule has 1 fully saturated rings. The quantitative estimate of drug-likeness (QED) is 0.928. The summed E-state index contributed by atoms with van der Waals surface area (Å²) in [6.45, 7) is 2.03. The fourth-order valence-electron chi connectivity index (χ4n) is 4.16. The summed E-state index contributed by atoms with van der Waals surface area (Å²) >= 11 is 0. The fourth-order valence-corrected chi connectivity index (χ4v) is 4.16. The van der Waals surface area contributed by atoms with Crippen molar-refractivity contribution in [3.63, 3.8) is 0 Å². The molecule has 0 spiro atoms. The number of anilines is 1. The van der Waals surface area contributed by atoms with E-state index in [1.165, 1.54) is 24.0 Å². The molecule has 1 unspecified atom stereocenters. The second kappa shape index (κ2) is 7.40. The second-order valence-corrected chi connectivity index (χ2v) is 6.95. The summed E-state index contributed by atoms with van der Waals surface area (Å²) in [6.07, 6.45) is 9.46. The van der Waals surface area contributed by atoms with Gasteiger partial charge in [0.25, 0.3) is 0 Å². The predicted molar refractivity (Wildman–Crippen MR) is 99.1 cm³/mol. The number of fused-ring (bicyclic) bond motifs is 1. The van der Waals surface area contributed by atoms with Gasteiger partial charge in [0, 0.05) is 37.6 Å². The highest BCUT2D eigenvalue weighted by atomic mass is 16.5. The van der Waals surface area contributed by atoms with Crippen molar-refractivity contribution in [3.05, 3.63) is 47.8 Å². The Morgan fingerprint density at radius 2 is 1.88 bits per heavy atom. The van der Waals surface area contributed by atoms with Crippen LogP contribution >= 0.6 is 0 Å². The van der Waals surface area contributed by atoms with E-state index in [0.717, 1.165) is 44.0 Å². The monoisotopic (exact) mass is 338 g/mol. The van der Waals surface area contributed by atoms with Crippen LogP contribution < -0.4 is 15.0 Å². The standard InChI is InChI=1S/C20H26N4O/c1-25-19-8-3-5-16-17(19)6-2-7-18(16)23-15-9-13-24(14-10-15)20-21-11-4-12-22-20/h3-5,8,11-12,15,18,23H,2,6-7,9-10,13-14H2,1H3. The Kier molecular flexibility index (Phi) is 4.83. The molecule has 0 bridgehead atoms. The lowest BCUT2D eigenvalue weighted by molar-refractivity contribution is 0.340. The Bertz CT molecular complexity index is 698. The van der Waals surface area contributed by atoms with E-state index >= 15 is 0 Å². The number of rotatable bonds is 4. The zero-order valence-corrected chi connectivity index (χ0v) is 14.8. The molecule has 2 aliphatic rings. The van der Waals surface area contributed by atoms with Crippen LogP contribution in [0.3, 0.4) is 0 Å². The van der Waals surface area contributed by atoms with Crippen LogP contribution in [-0.4, -0.2) is 36.2 Å². The summed E-state index contributed by atoms with van der Waals surface area (Å²) in [5, 5.41) is 3.91. The van der Waals surface area contributed by atoms with Crippen molar-refractivity contribution in [2.24, 2.45) is 0 Å². The minimum Gasteiger partial charge on any atom is -0.496 e. The number of nitrogens with one attached hydrogen (secondary N) is 1. The topological polar surface area (TPSA) is 50.3 Å². The molecule has 0 amide bonds. The van der Waals surface area contributed by atoms with Gasteiger partial charge >= 0.3 is 0 Å². The molecule has 25 heavy (non-hydrogen) atoms. The van der Waals surface area contributed by atoms with Crippen LogP contribution in [0.15, 0.2) is 36.7 Å². The van der Waals surface area contributed by atoms with Gasteiger partial charge in [0.2, 0.25) is 5.95 Å². The Hall–Kier alpha value is -2.14. The van der Waals surface area contributed by atoms with Crippen molar-refractivity contribution in [1.29, 1.82) is 0 Å². The summed E-state index contributed by atoms with van der Waals surface area (Å²) in [7, 11) is 1.77. The number of ether oxygens (including phenoxy) is 1. The molecule has 1 aromatic heterocycles. The summed E-state index contributed by atoms with van der Waals surface area (Å²) in [4.78, 5) is 11.0. The molecule has 5 heteroatoms. The zero-order chi connectivity index (χ0) is 17.1. The number of hydrogen-bond donors (Lipinski definition) is 1. The van der Waals surface area contributed by atoms with Gasteiger partial charge in [-0.1, -0.05) is 12.1 Å². The Morgan fingerprint density at radius 3 is 2.64 bits per heavy atom. The predicted octanol–water partition coefficient (Wildman–Crippen LogP) is 3.12. The largest absolute Gasteiger partial charge is 0.496 e. The normalized spacial score (nSPS) is 21.0. The number of piperidine rings is 1. The number of hydrogen-bond acceptors (Lipinski definition) is 5. The first kappa shape index (κ1) is 16.3. The Labute approximate surface area is 149 Å². The molecule has 4 rings (SSSR count). The molecule has 132 valence electrons. The molecule has 1 aliphatic carbocycles. The van der Waals surface area contributed by atoms with Crippen molar-refractivity contribution in [2.75, 3.05) is 25.1 Å². The third-order valence-electron chi connectivity index (χ3n) is 5.45. The molecule has 5 nitrogen and oxygen atoms in total. The third kappa shape index (κ3) is 3.47. The molecule has 1 N–H and O–H groups in total. The van der Waals surface area contributed by atoms with Gasteiger partial charge in [-0.25, -0.2) is 9.97 Å². The summed E-state index contributed by atoms with van der Waals surface area (Å²) in [5.41, 5.74) is 2.82. The van der Waals surface area contributed by atoms with E-state index < -0.39 is 0 Å². The first-order chi connectivity index (χ1) is 12.3. The maximum Gasteiger partial charge on any atom is 0.225 e. The Balaban J connectivity index is 1.40. The number of nitrogens with zero attached hydrogens (tertiary/aromatic N) is 3. The van der Waals surface area contributed by atoms with Crippen LogP contribution in [0.5, 0.6) is 5.75 Å². The lowest BCUT2D eigenvalue weighted by Crippen LogP contribution is -2.44. The zero-order valence-electron chi connectivity index (χ0n) is 14.8. The number of benzene rings is 1. The molecule has 1 aromatic carbocycles. The summed E-state index contributed by atoms with van der Waals surface area (Å²) < 4.78 is 5.57. The highest BCUT2D eigenvalue weighted by Crippen LogP contribution is 2.36. The van der Waals surface area contributed by atoms with Gasteiger partial charge in [0.05, 0.1) is 7.11 Å². The van der Waals surface area contributed by atoms with Gasteiger partial charge in [0.1, 0.15) is 5.75 Å². The van der Waals surface area contributed by atoms with Crippen LogP contribution in [-0.2, 0) is 6.42 Å². The molecule has 1 saturated heterocycles. The summed E-state index contributed by atoms with van der Waals surface area (Å²) in [5.74, 6) is 1.90. The second-order valence-electron chi connectivity index (χ2n) is 6.95. The van der Waals surface area contributed by atoms with Crippen molar-refractivity contribution < 1.29 is 4.74 Å². The van der Waals surface area contributed by atoms with Gasteiger partial charge < -0.3 is 15.0 Å². The molecule has 0 radical (unpaired) electrons. The molecule has 1 atom stereocenters. The van der Waals surface area contributed by atoms with Crippen LogP contribution in [0.25, 0.3) is 0 Å². The van der Waals surface area contributed by atoms with Crippen LogP contribution in [0.2, 0.25) is 0 Å². The van der Waals surface area contributed by atoms with Gasteiger partial charge in [-0.2, -0.15) is 0 Å². The average Bonchev–Trinajstić information content (AvgIpc) is 2.69. The number of methoxy groups -OCH3 is 1. The molecule has 1 aliphatic heterocycles. The maximum atomic E-state index is 5.57. The molecule has 2 heterocycles. The lowest BCUT2D eigenvalue weighted by atomic mass is 9.86. The van der Waals surface area contributed by atoms with E-state index in [0.29, 0.717) is 12.1 Å². The molecular formula is C20H26N4O. The molecular weight excluding hydrogens is 312 g/mol. The van der Waals surface area contributed by atoms with Gasteiger partial charge in [-0.05, 0) is 55.4 Å². The smallest absolute Gasteiger partial charge is 0.225 e. The molecule has 0 saturated carbocycles. The van der Waals surface area contributed by atoms with E-state index in [2.05, 4.69) is 38.4 Å². The van der Waals surface area contributed by atoms with Gasteiger partial charge in [-0.15, -0.1) is 0 Å². The van der Waals surface area contributed by atoms with E-state index in [1.54, 1.807) is 7.11 Å². The molecule has 2 aromatic rings.